The second-order valence-electron chi connectivity index (χ2n) is 11.8. The number of aliphatic hydroxyl groups is 3. The minimum Gasteiger partial charge on any atom is -0.387 e. The van der Waals surface area contributed by atoms with Gasteiger partial charge in [0, 0.05) is 0 Å². The first kappa shape index (κ1) is 40.7. The molecule has 0 spiro atoms. The summed E-state index contributed by atoms with van der Waals surface area (Å²) in [6.45, 7) is -2.50. The molecule has 12 N–H and O–H groups in total. The molecule has 2 aliphatic heterocycles. The molecule has 4 aromatic rings. The van der Waals surface area contributed by atoms with E-state index in [1.54, 1.807) is 0 Å². The fourth-order valence-electron chi connectivity index (χ4n) is 5.74. The highest BCUT2D eigenvalue weighted by molar-refractivity contribution is 7.66. The van der Waals surface area contributed by atoms with Crippen molar-refractivity contribution in [3.63, 3.8) is 0 Å². The second-order valence-corrected chi connectivity index (χ2v) is 16.4. The molecule has 6 heterocycles. The maximum absolute atomic E-state index is 12.6. The molecule has 0 amide bonds. The number of nitrogens with one attached hydrogen (secondary N) is 2. The molecule has 11 atom stereocenters. The Hall–Kier alpha value is -3.97. The van der Waals surface area contributed by atoms with E-state index in [-0.39, 0.29) is 40.8 Å². The number of anilines is 2. The number of terminal acetylenes is 1. The van der Waals surface area contributed by atoms with Gasteiger partial charge in [0.25, 0.3) is 17.1 Å². The van der Waals surface area contributed by atoms with Crippen LogP contribution >= 0.6 is 23.5 Å². The van der Waals surface area contributed by atoms with Gasteiger partial charge in [0.15, 0.2) is 23.7 Å². The summed E-state index contributed by atoms with van der Waals surface area (Å²) >= 11 is 0. The number of hydrogen-bond donors (Lipinski definition) is 10. The normalized spacial score (nSPS) is 28.9. The number of phosphoric acid groups is 3. The quantitative estimate of drug-likeness (QED) is 0.0329. The van der Waals surface area contributed by atoms with Gasteiger partial charge in [-0.25, -0.2) is 23.2 Å². The smallest absolute Gasteiger partial charge is 0.387 e. The first-order valence-corrected chi connectivity index (χ1v) is 19.8. The number of hydrogen-bond acceptors (Lipinski definition) is 20. The summed E-state index contributed by atoms with van der Waals surface area (Å²) in [5.41, 5.74) is 9.58. The Morgan fingerprint density at radius 1 is 0.927 bits per heavy atom. The Bertz CT molecular complexity index is 2410. The Balaban J connectivity index is 1.07. The fraction of sp³-hybridized carbons (Fsp3) is 0.500. The molecule has 2 fully saturated rings. The Morgan fingerprint density at radius 3 is 2.16 bits per heavy atom. The number of rotatable bonds is 14. The van der Waals surface area contributed by atoms with Crippen LogP contribution in [0, 0.1) is 12.3 Å². The predicted molar refractivity (Wildman–Crippen MR) is 176 cm³/mol. The van der Waals surface area contributed by atoms with Gasteiger partial charge in [0.1, 0.15) is 43.2 Å². The summed E-state index contributed by atoms with van der Waals surface area (Å²) in [6.07, 6.45) is -4.89. The molecule has 5 unspecified atom stereocenters. The first-order chi connectivity index (χ1) is 25.7. The molecular formula is C24H32N10O18P3+. The number of imidazole rings is 2. The monoisotopic (exact) mass is 841 g/mol. The van der Waals surface area contributed by atoms with E-state index in [1.807, 2.05) is 0 Å². The number of aromatic nitrogens is 8. The van der Waals surface area contributed by atoms with Crippen LogP contribution in [0.5, 0.6) is 0 Å². The van der Waals surface area contributed by atoms with Crippen molar-refractivity contribution in [1.82, 2.24) is 34.1 Å². The molecule has 4 aromatic heterocycles. The molecule has 0 aromatic carbocycles. The van der Waals surface area contributed by atoms with Crippen molar-refractivity contribution in [3.8, 4) is 12.3 Å². The Morgan fingerprint density at radius 2 is 1.53 bits per heavy atom. The summed E-state index contributed by atoms with van der Waals surface area (Å²) in [6, 6.07) is 0. The summed E-state index contributed by atoms with van der Waals surface area (Å²) < 4.78 is 75.6. The molecule has 28 nitrogen and oxygen atoms in total. The minimum atomic E-state index is -6.01. The number of phosphoric ester groups is 2. The molecule has 0 bridgehead atoms. The van der Waals surface area contributed by atoms with Gasteiger partial charge in [0.05, 0.1) is 26.6 Å². The highest BCUT2D eigenvalue weighted by Crippen LogP contribution is 2.67. The summed E-state index contributed by atoms with van der Waals surface area (Å²) in [7, 11) is -16.0. The molecule has 300 valence electrons. The first-order valence-electron chi connectivity index (χ1n) is 15.3. The SMILES string of the molecule is C#CCO[C@H]1C(O)[C@@H](COP(=O)(O)OP(=O)(O)OP(=O)(O)OC[C@H]2O[C@@H]([n+]3cn(C)c4c(=O)[nH]c(N)nc43)[C@@H](O)C2O)O[C@H]1n1cnc2c(=O)[nH]c(N)nc21. The van der Waals surface area contributed by atoms with Crippen molar-refractivity contribution in [2.75, 3.05) is 31.3 Å². The number of nitrogens with two attached hydrogens (primary N) is 2. The lowest BCUT2D eigenvalue weighted by Gasteiger charge is -2.21. The molecule has 31 heteroatoms. The third-order valence-corrected chi connectivity index (χ3v) is 12.3. The zero-order chi connectivity index (χ0) is 40.2. The van der Waals surface area contributed by atoms with Crippen molar-refractivity contribution in [2.45, 2.75) is 49.1 Å². The number of fused-ring (bicyclic) bond motifs is 2. The van der Waals surface area contributed by atoms with Crippen molar-refractivity contribution in [1.29, 1.82) is 0 Å². The van der Waals surface area contributed by atoms with Crippen LogP contribution in [0.3, 0.4) is 0 Å². The van der Waals surface area contributed by atoms with Crippen molar-refractivity contribution >= 4 is 57.7 Å². The summed E-state index contributed by atoms with van der Waals surface area (Å²) in [4.78, 5) is 71.4. The van der Waals surface area contributed by atoms with E-state index in [0.29, 0.717) is 0 Å². The fourth-order valence-corrected chi connectivity index (χ4v) is 9.27. The van der Waals surface area contributed by atoms with Crippen LogP contribution in [0.1, 0.15) is 12.5 Å². The van der Waals surface area contributed by atoms with E-state index in [4.69, 9.17) is 36.6 Å². The molecule has 6 rings (SSSR count). The molecule has 2 saturated heterocycles. The zero-order valence-corrected chi connectivity index (χ0v) is 30.4. The highest BCUT2D eigenvalue weighted by atomic mass is 31.3. The third kappa shape index (κ3) is 8.43. The van der Waals surface area contributed by atoms with E-state index >= 15 is 0 Å². The van der Waals surface area contributed by atoms with Crippen LogP contribution in [0.4, 0.5) is 11.9 Å². The van der Waals surface area contributed by atoms with E-state index in [2.05, 4.69) is 44.0 Å². The Kier molecular flexibility index (Phi) is 11.2. The standard InChI is InChI=1S/C24H31N10O18P3/c1-3-4-46-16-14(36)10(50-22(16)33-7-27-11-17(33)28-23(25)30-19(11)38)6-48-54(42,43)52-55(44,45)51-53(40,41)47-5-9-13(35)15(37)21(49-9)34-8-32(2)12-18(34)29-24(26)31-20(12)39/h1,7-10,13-16,21-22,35-37H,4-6H2,2H3,(H8-,25,26,28,29,30,31,38,39,40,41,42,43,44,45)/p+1/t9-,10-,13?,14?,15+,16+,21-,22-/m1/s1. The molecular weight excluding hydrogens is 809 g/mol. The van der Waals surface area contributed by atoms with E-state index < -0.39 is 96.9 Å². The average Bonchev–Trinajstić information content (AvgIpc) is 3.80. The van der Waals surface area contributed by atoms with Crippen molar-refractivity contribution < 1.29 is 80.1 Å². The zero-order valence-electron chi connectivity index (χ0n) is 27.7. The molecule has 2 aliphatic rings. The summed E-state index contributed by atoms with van der Waals surface area (Å²) in [5.74, 6) is 1.61. The van der Waals surface area contributed by atoms with Crippen LogP contribution in [0.15, 0.2) is 22.2 Å². The number of aryl methyl sites for hydroxylation is 1. The third-order valence-electron chi connectivity index (χ3n) is 8.01. The maximum Gasteiger partial charge on any atom is 0.490 e. The maximum atomic E-state index is 12.6. The van der Waals surface area contributed by atoms with Gasteiger partial charge in [-0.3, -0.25) is 37.7 Å². The van der Waals surface area contributed by atoms with E-state index in [1.165, 1.54) is 17.9 Å². The minimum absolute atomic E-state index is 0.0105. The Labute approximate surface area is 305 Å². The van der Waals surface area contributed by atoms with Gasteiger partial charge >= 0.3 is 29.1 Å². The number of nitrogen functional groups attached to an aromatic ring is 2. The second kappa shape index (κ2) is 15.2. The largest absolute Gasteiger partial charge is 0.490 e. The van der Waals surface area contributed by atoms with Gasteiger partial charge in [-0.2, -0.15) is 13.6 Å². The van der Waals surface area contributed by atoms with Gasteiger partial charge in [-0.1, -0.05) is 10.9 Å². The van der Waals surface area contributed by atoms with Crippen LogP contribution in [0.25, 0.3) is 22.3 Å². The number of H-pyrrole nitrogens is 2. The topological polar surface area (TPSA) is 407 Å². The van der Waals surface area contributed by atoms with Gasteiger partial charge in [-0.15, -0.1) is 6.42 Å². The van der Waals surface area contributed by atoms with Crippen LogP contribution < -0.4 is 27.2 Å². The van der Waals surface area contributed by atoms with Gasteiger partial charge < -0.3 is 55.7 Å². The van der Waals surface area contributed by atoms with Gasteiger partial charge in [-0.05, 0) is 0 Å². The highest BCUT2D eigenvalue weighted by Gasteiger charge is 2.50. The number of ether oxygens (including phenoxy) is 3. The van der Waals surface area contributed by atoms with Crippen LogP contribution in [-0.4, -0.2) is 120 Å². The molecule has 0 saturated carbocycles. The number of aromatic amines is 2. The lowest BCUT2D eigenvalue weighted by atomic mass is 10.1. The summed E-state index contributed by atoms with van der Waals surface area (Å²) in [5, 5.41) is 32.1. The lowest BCUT2D eigenvalue weighted by molar-refractivity contribution is -0.745. The average molecular weight is 841 g/mol. The van der Waals surface area contributed by atoms with Crippen LogP contribution in [-0.2, 0) is 52.6 Å². The van der Waals surface area contributed by atoms with Crippen molar-refractivity contribution in [2.24, 2.45) is 7.05 Å². The lowest BCUT2D eigenvalue weighted by Crippen LogP contribution is -2.46. The van der Waals surface area contributed by atoms with Crippen molar-refractivity contribution in [3.05, 3.63) is 33.4 Å². The van der Waals surface area contributed by atoms with E-state index in [9.17, 15) is 53.3 Å². The molecule has 55 heavy (non-hydrogen) atoms. The van der Waals surface area contributed by atoms with E-state index in [0.717, 1.165) is 15.5 Å². The number of aliphatic hydroxyl groups excluding tert-OH is 3. The number of nitrogens with zero attached hydrogens (tertiary/aromatic N) is 6. The molecule has 0 radical (unpaired) electrons. The molecule has 0 aliphatic carbocycles. The predicted octanol–water partition coefficient (Wildman–Crippen LogP) is -3.89. The van der Waals surface area contributed by atoms with Crippen LogP contribution in [0.2, 0.25) is 0 Å². The van der Waals surface area contributed by atoms with Gasteiger partial charge in [0.2, 0.25) is 17.7 Å².